The van der Waals surface area contributed by atoms with Crippen LogP contribution in [0.3, 0.4) is 0 Å². The first-order chi connectivity index (χ1) is 16.3. The molecule has 0 spiro atoms. The molecule has 0 bridgehead atoms. The molecule has 0 aliphatic heterocycles. The first-order valence-electron chi connectivity index (χ1n) is 11.0. The summed E-state index contributed by atoms with van der Waals surface area (Å²) in [6.45, 7) is 0. The van der Waals surface area contributed by atoms with Crippen molar-refractivity contribution >= 4 is 64.9 Å². The highest BCUT2D eigenvalue weighted by Crippen LogP contribution is 2.43. The number of thiophene rings is 1. The Balaban J connectivity index is 1.44. The molecule has 156 valence electrons. The Morgan fingerprint density at radius 3 is 1.85 bits per heavy atom. The molecule has 1 nitrogen and oxygen atoms in total. The quantitative estimate of drug-likeness (QED) is 0.242. The van der Waals surface area contributed by atoms with Crippen LogP contribution < -0.4 is 0 Å². The van der Waals surface area contributed by atoms with E-state index in [2.05, 4.69) is 108 Å². The second-order valence-corrected chi connectivity index (χ2v) is 9.77. The van der Waals surface area contributed by atoms with Crippen molar-refractivity contribution in [2.24, 2.45) is 0 Å². The van der Waals surface area contributed by atoms with Crippen LogP contribution in [0.15, 0.2) is 109 Å². The molecule has 0 N–H and O–H groups in total. The third-order valence-corrected chi connectivity index (χ3v) is 8.01. The summed E-state index contributed by atoms with van der Waals surface area (Å²) in [6.07, 6.45) is 0. The minimum Gasteiger partial charge on any atom is -0.309 e. The molecule has 0 radical (unpaired) electrons. The highest BCUT2D eigenvalue weighted by atomic mass is 35.5. The molecule has 0 aliphatic carbocycles. The summed E-state index contributed by atoms with van der Waals surface area (Å²) in [5, 5.41) is 5.89. The van der Waals surface area contributed by atoms with Gasteiger partial charge >= 0.3 is 0 Å². The van der Waals surface area contributed by atoms with E-state index in [1.54, 1.807) is 0 Å². The highest BCUT2D eigenvalue weighted by Gasteiger charge is 2.15. The molecule has 3 heteroatoms. The monoisotopic (exact) mass is 459 g/mol. The molecule has 7 rings (SSSR count). The van der Waals surface area contributed by atoms with Crippen LogP contribution in [0.5, 0.6) is 0 Å². The number of para-hydroxylation sites is 2. The summed E-state index contributed by atoms with van der Waals surface area (Å²) < 4.78 is 4.88. The molecule has 0 unspecified atom stereocenters. The van der Waals surface area contributed by atoms with Crippen LogP contribution in [0, 0.1) is 0 Å². The molecule has 0 saturated heterocycles. The Morgan fingerprint density at radius 1 is 0.545 bits per heavy atom. The van der Waals surface area contributed by atoms with Crippen molar-refractivity contribution in [3.05, 3.63) is 114 Å². The normalized spacial score (nSPS) is 11.8. The van der Waals surface area contributed by atoms with Crippen molar-refractivity contribution in [2.75, 3.05) is 0 Å². The molecular formula is C30H18ClNS. The predicted octanol–water partition coefficient (Wildman–Crippen LogP) is 9.47. The Bertz CT molecular complexity index is 1770. The van der Waals surface area contributed by atoms with Crippen LogP contribution in [0.25, 0.3) is 58.8 Å². The molecule has 0 atom stereocenters. The van der Waals surface area contributed by atoms with Gasteiger partial charge in [-0.05, 0) is 42.0 Å². The summed E-state index contributed by atoms with van der Waals surface area (Å²) in [6, 6.07) is 38.8. The van der Waals surface area contributed by atoms with E-state index in [-0.39, 0.29) is 0 Å². The van der Waals surface area contributed by atoms with Crippen molar-refractivity contribution < 1.29 is 0 Å². The largest absolute Gasteiger partial charge is 0.309 e. The summed E-state index contributed by atoms with van der Waals surface area (Å²) in [4.78, 5) is 0. The molecule has 0 saturated carbocycles. The molecule has 7 aromatic rings. The second-order valence-electron chi connectivity index (χ2n) is 8.31. The zero-order valence-corrected chi connectivity index (χ0v) is 19.2. The van der Waals surface area contributed by atoms with Gasteiger partial charge in [0, 0.05) is 47.2 Å². The fourth-order valence-corrected chi connectivity index (χ4v) is 6.61. The van der Waals surface area contributed by atoms with E-state index in [1.807, 2.05) is 17.4 Å². The number of benzene rings is 5. The van der Waals surface area contributed by atoms with E-state index in [0.29, 0.717) is 0 Å². The fraction of sp³-hybridized carbons (Fsp3) is 0. The van der Waals surface area contributed by atoms with Crippen LogP contribution in [0.4, 0.5) is 0 Å². The highest BCUT2D eigenvalue weighted by molar-refractivity contribution is 7.26. The third-order valence-electron chi connectivity index (χ3n) is 6.49. The van der Waals surface area contributed by atoms with E-state index in [1.165, 1.54) is 42.0 Å². The molecule has 0 amide bonds. The first kappa shape index (κ1) is 18.9. The van der Waals surface area contributed by atoms with Crippen molar-refractivity contribution in [3.63, 3.8) is 0 Å². The maximum absolute atomic E-state index is 6.76. The van der Waals surface area contributed by atoms with Gasteiger partial charge in [0.15, 0.2) is 0 Å². The van der Waals surface area contributed by atoms with Gasteiger partial charge in [-0.25, -0.2) is 0 Å². The summed E-state index contributed by atoms with van der Waals surface area (Å²) in [7, 11) is 0. The van der Waals surface area contributed by atoms with Gasteiger partial charge in [0.1, 0.15) is 0 Å². The van der Waals surface area contributed by atoms with Gasteiger partial charge in [-0.15, -0.1) is 11.3 Å². The smallest absolute Gasteiger partial charge is 0.0541 e. The molecule has 0 aliphatic rings. The Labute approximate surface area is 200 Å². The molecule has 2 aromatic heterocycles. The topological polar surface area (TPSA) is 4.93 Å². The van der Waals surface area contributed by atoms with E-state index < -0.39 is 0 Å². The van der Waals surface area contributed by atoms with Crippen LogP contribution in [-0.2, 0) is 0 Å². The lowest BCUT2D eigenvalue weighted by Gasteiger charge is -2.11. The maximum atomic E-state index is 6.76. The summed E-state index contributed by atoms with van der Waals surface area (Å²) in [5.41, 5.74) is 5.84. The van der Waals surface area contributed by atoms with Gasteiger partial charge in [-0.2, -0.15) is 0 Å². The second kappa shape index (κ2) is 7.21. The van der Waals surface area contributed by atoms with E-state index >= 15 is 0 Å². The van der Waals surface area contributed by atoms with Gasteiger partial charge in [-0.3, -0.25) is 0 Å². The van der Waals surface area contributed by atoms with Crippen LogP contribution in [0.1, 0.15) is 0 Å². The Morgan fingerprint density at radius 2 is 1.15 bits per heavy atom. The SMILES string of the molecule is Clc1ccc2c(sc3ccccc32)c1-c1ccc(-n2c3ccccc3c3ccccc32)cc1. The zero-order chi connectivity index (χ0) is 21.9. The lowest BCUT2D eigenvalue weighted by molar-refractivity contribution is 1.18. The average Bonchev–Trinajstić information content (AvgIpc) is 3.40. The number of aromatic nitrogens is 1. The van der Waals surface area contributed by atoms with Crippen molar-refractivity contribution in [1.29, 1.82) is 0 Å². The van der Waals surface area contributed by atoms with E-state index in [9.17, 15) is 0 Å². The van der Waals surface area contributed by atoms with Crippen LogP contribution in [0.2, 0.25) is 5.02 Å². The lowest BCUT2D eigenvalue weighted by atomic mass is 10.0. The average molecular weight is 460 g/mol. The Hall–Kier alpha value is -3.59. The van der Waals surface area contributed by atoms with Gasteiger partial charge in [0.05, 0.1) is 11.0 Å². The van der Waals surface area contributed by atoms with E-state index in [0.717, 1.165) is 21.8 Å². The minimum absolute atomic E-state index is 0.790. The number of nitrogens with zero attached hydrogens (tertiary/aromatic N) is 1. The minimum atomic E-state index is 0.790. The van der Waals surface area contributed by atoms with E-state index in [4.69, 9.17) is 11.6 Å². The zero-order valence-electron chi connectivity index (χ0n) is 17.6. The first-order valence-corrected chi connectivity index (χ1v) is 12.2. The fourth-order valence-electron chi connectivity index (χ4n) is 5.01. The predicted molar refractivity (Wildman–Crippen MR) is 144 cm³/mol. The van der Waals surface area contributed by atoms with Gasteiger partial charge < -0.3 is 4.57 Å². The molecule has 0 fully saturated rings. The van der Waals surface area contributed by atoms with Gasteiger partial charge in [0.2, 0.25) is 0 Å². The lowest BCUT2D eigenvalue weighted by Crippen LogP contribution is -1.93. The maximum Gasteiger partial charge on any atom is 0.0541 e. The van der Waals surface area contributed by atoms with Crippen molar-refractivity contribution in [2.45, 2.75) is 0 Å². The number of hydrogen-bond acceptors (Lipinski definition) is 1. The number of halogens is 1. The standard InChI is InChI=1S/C30H18ClNS/c31-25-18-17-24-23-9-3-6-12-28(23)33-30(24)29(25)19-13-15-20(16-14-19)32-26-10-4-1-7-21(26)22-8-2-5-11-27(22)32/h1-18H. The van der Waals surface area contributed by atoms with Crippen molar-refractivity contribution in [3.8, 4) is 16.8 Å². The van der Waals surface area contributed by atoms with Crippen LogP contribution in [-0.4, -0.2) is 4.57 Å². The number of fused-ring (bicyclic) bond motifs is 6. The number of hydrogen-bond donors (Lipinski definition) is 0. The summed E-state index contributed by atoms with van der Waals surface area (Å²) >= 11 is 8.58. The molecule has 5 aromatic carbocycles. The summed E-state index contributed by atoms with van der Waals surface area (Å²) in [5.74, 6) is 0. The third kappa shape index (κ3) is 2.78. The van der Waals surface area contributed by atoms with Crippen molar-refractivity contribution in [1.82, 2.24) is 4.57 Å². The molecule has 2 heterocycles. The molecule has 33 heavy (non-hydrogen) atoms. The van der Waals surface area contributed by atoms with Gasteiger partial charge in [-0.1, -0.05) is 84.4 Å². The Kier molecular flexibility index (Phi) is 4.14. The van der Waals surface area contributed by atoms with Crippen LogP contribution >= 0.6 is 22.9 Å². The number of rotatable bonds is 2. The van der Waals surface area contributed by atoms with Gasteiger partial charge in [0.25, 0.3) is 0 Å². The molecular weight excluding hydrogens is 442 g/mol.